The fourth-order valence-electron chi connectivity index (χ4n) is 11.5. The number of hydrogen-bond acceptors (Lipinski definition) is 3. The number of thiophene rings is 1. The first-order chi connectivity index (χ1) is 27.2. The summed E-state index contributed by atoms with van der Waals surface area (Å²) in [5.74, 6) is 0. The molecule has 1 aromatic heterocycles. The molecule has 0 radical (unpaired) electrons. The summed E-state index contributed by atoms with van der Waals surface area (Å²) >= 11 is 1.93. The van der Waals surface area contributed by atoms with Crippen molar-refractivity contribution in [3.8, 4) is 22.3 Å². The molecule has 2 atom stereocenters. The van der Waals surface area contributed by atoms with E-state index in [1.54, 1.807) is 5.56 Å². The maximum Gasteiger partial charge on any atom is 0.328 e. The van der Waals surface area contributed by atoms with Crippen molar-refractivity contribution >= 4 is 72.0 Å². The van der Waals surface area contributed by atoms with Gasteiger partial charge in [-0.2, -0.15) is 0 Å². The molecule has 7 aromatic rings. The van der Waals surface area contributed by atoms with Gasteiger partial charge in [-0.05, 0) is 118 Å². The van der Waals surface area contributed by atoms with Crippen LogP contribution in [0.25, 0.3) is 42.4 Å². The normalized spacial score (nSPS) is 20.8. The van der Waals surface area contributed by atoms with Gasteiger partial charge in [-0.3, -0.25) is 0 Å². The lowest BCUT2D eigenvalue weighted by molar-refractivity contribution is 0.199. The molecular weight excluding hydrogens is 707 g/mol. The van der Waals surface area contributed by atoms with Crippen molar-refractivity contribution in [1.29, 1.82) is 0 Å². The van der Waals surface area contributed by atoms with Crippen molar-refractivity contribution in [2.45, 2.75) is 110 Å². The molecule has 2 nitrogen and oxygen atoms in total. The molecule has 284 valence electrons. The summed E-state index contributed by atoms with van der Waals surface area (Å²) < 4.78 is 2.70. The number of rotatable bonds is 2. The molecule has 1 aliphatic carbocycles. The molecule has 1 fully saturated rings. The molecule has 4 heterocycles. The van der Waals surface area contributed by atoms with Crippen molar-refractivity contribution in [3.63, 3.8) is 0 Å². The maximum atomic E-state index is 2.99. The zero-order valence-electron chi connectivity index (χ0n) is 35.1. The number of anilines is 4. The van der Waals surface area contributed by atoms with Crippen LogP contribution in [0.1, 0.15) is 103 Å². The fourth-order valence-corrected chi connectivity index (χ4v) is 12.6. The van der Waals surface area contributed by atoms with Crippen LogP contribution < -0.4 is 20.6 Å². The van der Waals surface area contributed by atoms with Crippen LogP contribution in [-0.2, 0) is 16.2 Å². The summed E-state index contributed by atoms with van der Waals surface area (Å²) in [6, 6.07) is 42.8. The Bertz CT molecular complexity index is 2840. The van der Waals surface area contributed by atoms with E-state index in [1.807, 2.05) is 11.3 Å². The van der Waals surface area contributed by atoms with Gasteiger partial charge in [0.25, 0.3) is 0 Å². The van der Waals surface area contributed by atoms with E-state index in [0.717, 1.165) is 0 Å². The second-order valence-electron chi connectivity index (χ2n) is 20.2. The van der Waals surface area contributed by atoms with E-state index in [2.05, 4.69) is 181 Å². The second kappa shape index (κ2) is 11.7. The van der Waals surface area contributed by atoms with E-state index < -0.39 is 0 Å². The Balaban J connectivity index is 1.32. The maximum absolute atomic E-state index is 2.99. The van der Waals surface area contributed by atoms with Crippen LogP contribution in [0.4, 0.5) is 22.7 Å². The van der Waals surface area contributed by atoms with Crippen LogP contribution in [0.2, 0.25) is 0 Å². The van der Waals surface area contributed by atoms with Gasteiger partial charge in [0, 0.05) is 53.6 Å². The number of benzene rings is 6. The Kier molecular flexibility index (Phi) is 7.24. The van der Waals surface area contributed by atoms with Gasteiger partial charge >= 0.3 is 6.85 Å². The van der Waals surface area contributed by atoms with E-state index in [9.17, 15) is 0 Å². The lowest BCUT2D eigenvalue weighted by atomic mass is 9.42. The molecule has 4 aliphatic rings. The smallest absolute Gasteiger partial charge is 0.328 e. The molecule has 0 saturated heterocycles. The monoisotopic (exact) mass is 760 g/mol. The first kappa shape index (κ1) is 35.4. The number of nitrogens with zero attached hydrogens (tertiary/aromatic N) is 2. The molecule has 0 spiro atoms. The second-order valence-corrected chi connectivity index (χ2v) is 21.2. The number of aryl methyl sites for hydroxylation is 1. The number of fused-ring (bicyclic) bond motifs is 11. The third-order valence-corrected chi connectivity index (χ3v) is 15.9. The summed E-state index contributed by atoms with van der Waals surface area (Å²) in [5, 5.41) is 2.73. The lowest BCUT2D eigenvalue weighted by Gasteiger charge is -2.55. The van der Waals surface area contributed by atoms with Gasteiger partial charge in [-0.1, -0.05) is 134 Å². The minimum atomic E-state index is -0.0297. The molecule has 11 rings (SSSR count). The molecule has 3 aliphatic heterocycles. The Hall–Kier alpha value is -4.80. The molecule has 0 N–H and O–H groups in total. The van der Waals surface area contributed by atoms with Crippen LogP contribution in [-0.4, -0.2) is 12.4 Å². The zero-order chi connectivity index (χ0) is 39.4. The van der Waals surface area contributed by atoms with E-state index in [-0.39, 0.29) is 28.6 Å². The molecule has 57 heavy (non-hydrogen) atoms. The van der Waals surface area contributed by atoms with Crippen LogP contribution in [0.5, 0.6) is 0 Å². The van der Waals surface area contributed by atoms with Crippen molar-refractivity contribution in [2.24, 2.45) is 0 Å². The van der Waals surface area contributed by atoms with E-state index in [4.69, 9.17) is 0 Å². The number of hydrogen-bond donors (Lipinski definition) is 0. The summed E-state index contributed by atoms with van der Waals surface area (Å²) in [4.78, 5) is 5.70. The third kappa shape index (κ3) is 4.71. The minimum absolute atomic E-state index is 0.0102. The minimum Gasteiger partial charge on any atom is -0.400 e. The van der Waals surface area contributed by atoms with Gasteiger partial charge in [0.15, 0.2) is 0 Å². The zero-order valence-corrected chi connectivity index (χ0v) is 35.9. The highest BCUT2D eigenvalue weighted by Crippen LogP contribution is 2.64. The summed E-state index contributed by atoms with van der Waals surface area (Å²) in [6.07, 6.45) is 4.98. The van der Waals surface area contributed by atoms with E-state index >= 15 is 0 Å². The first-order valence-electron chi connectivity index (χ1n) is 21.3. The molecule has 0 amide bonds. The topological polar surface area (TPSA) is 6.48 Å². The predicted molar refractivity (Wildman–Crippen MR) is 249 cm³/mol. The highest BCUT2D eigenvalue weighted by atomic mass is 32.1. The lowest BCUT2D eigenvalue weighted by Crippen LogP contribution is -2.70. The van der Waals surface area contributed by atoms with Crippen LogP contribution in [0.3, 0.4) is 0 Å². The molecule has 2 unspecified atom stereocenters. The third-order valence-electron chi connectivity index (χ3n) is 14.7. The largest absolute Gasteiger partial charge is 0.400 e. The first-order valence-corrected chi connectivity index (χ1v) is 22.1. The van der Waals surface area contributed by atoms with Crippen LogP contribution in [0, 0.1) is 6.92 Å². The molecule has 6 aromatic carbocycles. The molecular formula is C53H53BN2S. The SMILES string of the molecule is Cc1cc2c3c(c1)N(c1ccc(C(C)(C)C)cc1-c1ccccc1)c1c(ccc4sc5ccccc5c14)B3N1c3c-2cc(C(C)(C)C)cc3C2(C)CCCCC12C. The molecule has 1 saturated carbocycles. The quantitative estimate of drug-likeness (QED) is 0.162. The van der Waals surface area contributed by atoms with Gasteiger partial charge in [-0.25, -0.2) is 0 Å². The van der Waals surface area contributed by atoms with Crippen molar-refractivity contribution < 1.29 is 0 Å². The van der Waals surface area contributed by atoms with Crippen molar-refractivity contribution in [1.82, 2.24) is 0 Å². The van der Waals surface area contributed by atoms with Gasteiger partial charge in [-0.15, -0.1) is 11.3 Å². The standard InChI is InChI=1S/C53H53BN2S/c1-32-27-38-39-30-35(51(5,6)7)31-40-48(39)56(53(9)26-16-15-25-52(40,53)8)54-41-22-24-45-46(36-19-13-14-20-44(36)57-45)49(41)55(43(28-32)47(38)54)42-23-21-34(50(2,3)4)29-37(42)33-17-11-10-12-18-33/h10-14,17-24,27-31H,15-16,25-26H2,1-9H3. The summed E-state index contributed by atoms with van der Waals surface area (Å²) in [7, 11) is 0. The van der Waals surface area contributed by atoms with Gasteiger partial charge < -0.3 is 9.71 Å². The average Bonchev–Trinajstić information content (AvgIpc) is 3.66. The average molecular weight is 761 g/mol. The van der Waals surface area contributed by atoms with Crippen LogP contribution >= 0.6 is 11.3 Å². The fraction of sp³-hybridized carbons (Fsp3) is 0.321. The highest BCUT2D eigenvalue weighted by molar-refractivity contribution is 7.26. The Morgan fingerprint density at radius 3 is 2.12 bits per heavy atom. The van der Waals surface area contributed by atoms with Gasteiger partial charge in [0.2, 0.25) is 0 Å². The van der Waals surface area contributed by atoms with Crippen molar-refractivity contribution in [2.75, 3.05) is 9.71 Å². The van der Waals surface area contributed by atoms with E-state index in [1.165, 1.54) is 118 Å². The Labute approximate surface area is 343 Å². The van der Waals surface area contributed by atoms with Gasteiger partial charge in [0.1, 0.15) is 0 Å². The molecule has 0 bridgehead atoms. The van der Waals surface area contributed by atoms with Crippen molar-refractivity contribution in [3.05, 3.63) is 131 Å². The summed E-state index contributed by atoms with van der Waals surface area (Å²) in [5.41, 5.74) is 19.4. The molecule has 4 heteroatoms. The Morgan fingerprint density at radius 2 is 1.35 bits per heavy atom. The Morgan fingerprint density at radius 1 is 0.632 bits per heavy atom. The van der Waals surface area contributed by atoms with Crippen LogP contribution in [0.15, 0.2) is 109 Å². The summed E-state index contributed by atoms with van der Waals surface area (Å²) in [6.45, 7) is 21.9. The van der Waals surface area contributed by atoms with Gasteiger partial charge in [0.05, 0.1) is 11.4 Å². The predicted octanol–water partition coefficient (Wildman–Crippen LogP) is 13.6. The highest BCUT2D eigenvalue weighted by Gasteiger charge is 2.63. The van der Waals surface area contributed by atoms with E-state index in [0.29, 0.717) is 0 Å².